The zero-order valence-electron chi connectivity index (χ0n) is 18.5. The van der Waals surface area contributed by atoms with Crippen LogP contribution in [0.5, 0.6) is 0 Å². The van der Waals surface area contributed by atoms with Crippen molar-refractivity contribution in [2.75, 3.05) is 11.1 Å². The minimum Gasteiger partial charge on any atom is -0.342 e. The van der Waals surface area contributed by atoms with Crippen LogP contribution in [0.1, 0.15) is 43.0 Å². The molecule has 0 aliphatic rings. The molecule has 2 N–H and O–H groups in total. The lowest BCUT2D eigenvalue weighted by atomic mass is 10.0. The fourth-order valence-corrected chi connectivity index (χ4v) is 4.33. The lowest BCUT2D eigenvalue weighted by Crippen LogP contribution is -2.33. The van der Waals surface area contributed by atoms with Gasteiger partial charge in [-0.25, -0.2) is 0 Å². The number of nitrogens with one attached hydrogen (secondary N) is 2. The van der Waals surface area contributed by atoms with Gasteiger partial charge in [-0.05, 0) is 43.2 Å². The second-order valence-electron chi connectivity index (χ2n) is 7.61. The van der Waals surface area contributed by atoms with Crippen LogP contribution in [0.15, 0.2) is 53.7 Å². The van der Waals surface area contributed by atoms with Crippen molar-refractivity contribution < 1.29 is 9.59 Å². The quantitative estimate of drug-likeness (QED) is 0.376. The van der Waals surface area contributed by atoms with Crippen molar-refractivity contribution >= 4 is 52.5 Å². The van der Waals surface area contributed by atoms with Crippen molar-refractivity contribution in [2.45, 2.75) is 38.5 Å². The summed E-state index contributed by atoms with van der Waals surface area (Å²) in [5.41, 5.74) is 1.03. The maximum atomic E-state index is 12.7. The van der Waals surface area contributed by atoms with E-state index in [-0.39, 0.29) is 29.5 Å². The first kappa shape index (κ1) is 25.1. The molecule has 174 valence electrons. The molecule has 0 saturated heterocycles. The average molecular weight is 506 g/mol. The van der Waals surface area contributed by atoms with Crippen LogP contribution in [-0.4, -0.2) is 32.3 Å². The number of aromatic nitrogens is 3. The standard InChI is InChI=1S/C23H25Cl2N5O2S/c1-4-30-21(20(14(2)3)27-22(32)15-8-6-5-7-9-15)28-29-23(30)33-13-19(31)26-18-12-16(24)10-11-17(18)25/h5-12,14,20H,4,13H2,1-3H3,(H,26,31)(H,27,32)/t20-/m1/s1. The molecular weight excluding hydrogens is 481 g/mol. The van der Waals surface area contributed by atoms with Gasteiger partial charge in [-0.15, -0.1) is 10.2 Å². The minimum absolute atomic E-state index is 0.0817. The van der Waals surface area contributed by atoms with Crippen LogP contribution in [0.25, 0.3) is 0 Å². The van der Waals surface area contributed by atoms with Gasteiger partial charge in [0.25, 0.3) is 5.91 Å². The SMILES string of the molecule is CCn1c(SCC(=O)Nc2cc(Cl)ccc2Cl)nnc1[C@H](NC(=O)c1ccccc1)C(C)C. The van der Waals surface area contributed by atoms with E-state index in [1.165, 1.54) is 11.8 Å². The summed E-state index contributed by atoms with van der Waals surface area (Å²) in [5.74, 6) is 0.431. The Bertz CT molecular complexity index is 1120. The van der Waals surface area contributed by atoms with E-state index in [2.05, 4.69) is 20.8 Å². The Hall–Kier alpha value is -2.55. The Labute approximate surface area is 207 Å². The van der Waals surface area contributed by atoms with Crippen LogP contribution in [0.2, 0.25) is 10.0 Å². The molecule has 33 heavy (non-hydrogen) atoms. The molecule has 3 rings (SSSR count). The van der Waals surface area contributed by atoms with E-state index in [0.717, 1.165) is 0 Å². The average Bonchev–Trinajstić information content (AvgIpc) is 3.21. The molecule has 0 bridgehead atoms. The van der Waals surface area contributed by atoms with Gasteiger partial charge in [0.05, 0.1) is 22.5 Å². The fourth-order valence-electron chi connectivity index (χ4n) is 3.19. The molecule has 0 aliphatic carbocycles. The van der Waals surface area contributed by atoms with Crippen LogP contribution in [-0.2, 0) is 11.3 Å². The maximum Gasteiger partial charge on any atom is 0.251 e. The van der Waals surface area contributed by atoms with Gasteiger partial charge in [-0.2, -0.15) is 0 Å². The number of nitrogens with zero attached hydrogens (tertiary/aromatic N) is 3. The molecule has 0 fully saturated rings. The van der Waals surface area contributed by atoms with Crippen molar-refractivity contribution in [3.63, 3.8) is 0 Å². The third kappa shape index (κ3) is 6.50. The number of hydrogen-bond acceptors (Lipinski definition) is 5. The molecule has 1 aromatic heterocycles. The van der Waals surface area contributed by atoms with Gasteiger partial charge in [0.1, 0.15) is 0 Å². The highest BCUT2D eigenvalue weighted by Gasteiger charge is 2.26. The number of amides is 2. The van der Waals surface area contributed by atoms with Gasteiger partial charge in [0.2, 0.25) is 5.91 Å². The van der Waals surface area contributed by atoms with E-state index >= 15 is 0 Å². The van der Waals surface area contributed by atoms with Crippen molar-refractivity contribution in [1.29, 1.82) is 0 Å². The van der Waals surface area contributed by atoms with E-state index in [1.54, 1.807) is 30.3 Å². The highest BCUT2D eigenvalue weighted by molar-refractivity contribution is 7.99. The molecule has 2 amide bonds. The molecule has 10 heteroatoms. The molecule has 0 spiro atoms. The molecule has 1 atom stereocenters. The van der Waals surface area contributed by atoms with Crippen molar-refractivity contribution in [3.8, 4) is 0 Å². The Morgan fingerprint density at radius 2 is 1.82 bits per heavy atom. The summed E-state index contributed by atoms with van der Waals surface area (Å²) in [5, 5.41) is 15.9. The lowest BCUT2D eigenvalue weighted by Gasteiger charge is -2.22. The van der Waals surface area contributed by atoms with Crippen LogP contribution in [0, 0.1) is 5.92 Å². The number of carbonyl (C=O) groups excluding carboxylic acids is 2. The van der Waals surface area contributed by atoms with Crippen LogP contribution in [0.4, 0.5) is 5.69 Å². The van der Waals surface area contributed by atoms with Crippen molar-refractivity contribution in [3.05, 3.63) is 70.0 Å². The summed E-state index contributed by atoms with van der Waals surface area (Å²) in [6.45, 7) is 6.59. The van der Waals surface area contributed by atoms with Crippen molar-refractivity contribution in [1.82, 2.24) is 20.1 Å². The summed E-state index contributed by atoms with van der Waals surface area (Å²) >= 11 is 13.4. The zero-order valence-corrected chi connectivity index (χ0v) is 20.8. The maximum absolute atomic E-state index is 12.7. The number of halogens is 2. The summed E-state index contributed by atoms with van der Waals surface area (Å²) in [6.07, 6.45) is 0. The summed E-state index contributed by atoms with van der Waals surface area (Å²) in [6, 6.07) is 13.6. The fraction of sp³-hybridized carbons (Fsp3) is 0.304. The number of rotatable bonds is 9. The number of benzene rings is 2. The summed E-state index contributed by atoms with van der Waals surface area (Å²) < 4.78 is 1.92. The topological polar surface area (TPSA) is 88.9 Å². The number of carbonyl (C=O) groups is 2. The molecule has 2 aromatic carbocycles. The van der Waals surface area contributed by atoms with Crippen molar-refractivity contribution in [2.24, 2.45) is 5.92 Å². The highest BCUT2D eigenvalue weighted by Crippen LogP contribution is 2.27. The van der Waals surface area contributed by atoms with E-state index in [9.17, 15) is 9.59 Å². The first-order chi connectivity index (χ1) is 15.8. The second-order valence-corrected chi connectivity index (χ2v) is 9.39. The van der Waals surface area contributed by atoms with Gasteiger partial charge >= 0.3 is 0 Å². The Kier molecular flexibility index (Phi) is 8.77. The zero-order chi connectivity index (χ0) is 24.0. The predicted octanol–water partition coefficient (Wildman–Crippen LogP) is 5.46. The van der Waals surface area contributed by atoms with Crippen LogP contribution >= 0.6 is 35.0 Å². The van der Waals surface area contributed by atoms with Gasteiger partial charge in [0, 0.05) is 17.1 Å². The van der Waals surface area contributed by atoms with E-state index in [4.69, 9.17) is 23.2 Å². The number of hydrogen-bond donors (Lipinski definition) is 2. The van der Waals surface area contributed by atoms with E-state index in [1.807, 2.05) is 43.5 Å². The minimum atomic E-state index is -0.335. The normalized spacial score (nSPS) is 11.9. The Balaban J connectivity index is 1.71. The smallest absolute Gasteiger partial charge is 0.251 e. The van der Waals surface area contributed by atoms with Crippen LogP contribution < -0.4 is 10.6 Å². The summed E-state index contributed by atoms with van der Waals surface area (Å²) in [7, 11) is 0. The predicted molar refractivity (Wildman–Crippen MR) is 133 cm³/mol. The molecule has 0 radical (unpaired) electrons. The van der Waals surface area contributed by atoms with Gasteiger partial charge < -0.3 is 15.2 Å². The lowest BCUT2D eigenvalue weighted by molar-refractivity contribution is -0.113. The molecule has 1 heterocycles. The third-order valence-electron chi connectivity index (χ3n) is 4.86. The number of thioether (sulfide) groups is 1. The molecule has 3 aromatic rings. The second kappa shape index (κ2) is 11.5. The van der Waals surface area contributed by atoms with Gasteiger partial charge in [-0.3, -0.25) is 9.59 Å². The largest absolute Gasteiger partial charge is 0.342 e. The Morgan fingerprint density at radius 3 is 2.48 bits per heavy atom. The first-order valence-electron chi connectivity index (χ1n) is 10.5. The first-order valence-corrected chi connectivity index (χ1v) is 12.2. The van der Waals surface area contributed by atoms with Crippen LogP contribution in [0.3, 0.4) is 0 Å². The third-order valence-corrected chi connectivity index (χ3v) is 6.40. The van der Waals surface area contributed by atoms with E-state index in [0.29, 0.717) is 38.8 Å². The Morgan fingerprint density at radius 1 is 1.09 bits per heavy atom. The molecule has 0 unspecified atom stereocenters. The monoisotopic (exact) mass is 505 g/mol. The number of anilines is 1. The van der Waals surface area contributed by atoms with E-state index < -0.39 is 0 Å². The molecule has 7 nitrogen and oxygen atoms in total. The molecule has 0 aliphatic heterocycles. The highest BCUT2D eigenvalue weighted by atomic mass is 35.5. The van der Waals surface area contributed by atoms with Gasteiger partial charge in [-0.1, -0.05) is 67.0 Å². The summed E-state index contributed by atoms with van der Waals surface area (Å²) in [4.78, 5) is 25.2. The molecule has 0 saturated carbocycles. The van der Waals surface area contributed by atoms with Gasteiger partial charge in [0.15, 0.2) is 11.0 Å². The molecular formula is C23H25Cl2N5O2S.